The Hall–Kier alpha value is -3.05. The molecule has 9 nitrogen and oxygen atoms in total. The predicted molar refractivity (Wildman–Crippen MR) is 146 cm³/mol. The molecular weight excluding hydrogens is 518 g/mol. The molecule has 4 rings (SSSR count). The van der Waals surface area contributed by atoms with Crippen LogP contribution in [0.25, 0.3) is 16.8 Å². The van der Waals surface area contributed by atoms with Crippen molar-refractivity contribution in [1.29, 1.82) is 0 Å². The first-order valence-corrected chi connectivity index (χ1v) is 13.2. The van der Waals surface area contributed by atoms with Crippen molar-refractivity contribution in [2.45, 2.75) is 20.3 Å². The van der Waals surface area contributed by atoms with E-state index in [1.807, 2.05) is 43.6 Å². The number of halogens is 1. The zero-order valence-corrected chi connectivity index (χ0v) is 22.4. The van der Waals surface area contributed by atoms with Crippen LogP contribution in [-0.4, -0.2) is 71.8 Å². The van der Waals surface area contributed by atoms with Crippen molar-refractivity contribution in [3.8, 4) is 0 Å². The number of rotatable bonds is 6. The van der Waals surface area contributed by atoms with Gasteiger partial charge in [-0.05, 0) is 36.8 Å². The van der Waals surface area contributed by atoms with Gasteiger partial charge in [0.2, 0.25) is 10.0 Å². The fraction of sp³-hybridized carbons (Fsp3) is 0.346. The topological polar surface area (TPSA) is 137 Å². The predicted octanol–water partition coefficient (Wildman–Crippen LogP) is 3.26. The number of carboxylic acid groups (broad SMARTS) is 2. The summed E-state index contributed by atoms with van der Waals surface area (Å²) in [6.07, 6.45) is 11.7. The molecule has 1 fully saturated rings. The number of piperazine rings is 1. The van der Waals surface area contributed by atoms with E-state index in [2.05, 4.69) is 10.3 Å². The summed E-state index contributed by atoms with van der Waals surface area (Å²) in [6.45, 7) is 6.06. The molecule has 0 spiro atoms. The van der Waals surface area contributed by atoms with Gasteiger partial charge >= 0.3 is 11.9 Å². The smallest absolute Gasteiger partial charge is 0.331 e. The summed E-state index contributed by atoms with van der Waals surface area (Å²) in [6, 6.07) is 5.99. The van der Waals surface area contributed by atoms with E-state index in [9.17, 15) is 18.0 Å². The molecule has 2 aromatic rings. The van der Waals surface area contributed by atoms with Crippen LogP contribution in [0.1, 0.15) is 24.5 Å². The van der Waals surface area contributed by atoms with Crippen molar-refractivity contribution in [1.82, 2.24) is 14.6 Å². The molecule has 1 aliphatic carbocycles. The molecule has 2 heterocycles. The first kappa shape index (κ1) is 30.2. The summed E-state index contributed by atoms with van der Waals surface area (Å²) in [5.41, 5.74) is 1.17. The van der Waals surface area contributed by atoms with Crippen LogP contribution < -0.4 is 5.32 Å². The fourth-order valence-corrected chi connectivity index (χ4v) is 5.38. The van der Waals surface area contributed by atoms with E-state index in [-0.39, 0.29) is 30.2 Å². The average molecular weight is 550 g/mol. The standard InChI is InChI=1S/C17H21N3O2S.C9H10O4.ClH/c1-14-12-19-13-16-5-2-4-15(17(14)16)6-3-11-23(21,22)20-9-7-18-8-10-20;1-9(8(12)13)4-2-3-6(5-9)7(10)11;/h2-6,12-13,18H,7-11H2,1H3;2-4H,5H2,1H3,(H,10,11)(H,12,13);1H/t;9-;/m.1./s1. The van der Waals surface area contributed by atoms with Crippen LogP contribution in [0.2, 0.25) is 0 Å². The monoisotopic (exact) mass is 549 g/mol. The quantitative estimate of drug-likeness (QED) is 0.499. The number of hydrogen-bond donors (Lipinski definition) is 3. The van der Waals surface area contributed by atoms with Gasteiger partial charge in [-0.15, -0.1) is 12.4 Å². The second-order valence-electron chi connectivity index (χ2n) is 8.99. The van der Waals surface area contributed by atoms with Crippen molar-refractivity contribution in [3.63, 3.8) is 0 Å². The van der Waals surface area contributed by atoms with Crippen molar-refractivity contribution in [2.24, 2.45) is 5.41 Å². The highest BCUT2D eigenvalue weighted by atomic mass is 35.5. The van der Waals surface area contributed by atoms with E-state index in [4.69, 9.17) is 10.2 Å². The van der Waals surface area contributed by atoms with Crippen LogP contribution in [0.4, 0.5) is 0 Å². The Morgan fingerprint density at radius 3 is 2.54 bits per heavy atom. The summed E-state index contributed by atoms with van der Waals surface area (Å²) in [5.74, 6) is -2.03. The van der Waals surface area contributed by atoms with Crippen molar-refractivity contribution < 1.29 is 28.2 Å². The van der Waals surface area contributed by atoms with Gasteiger partial charge in [-0.3, -0.25) is 9.78 Å². The van der Waals surface area contributed by atoms with E-state index in [0.29, 0.717) is 13.1 Å². The van der Waals surface area contributed by atoms with Crippen molar-refractivity contribution in [3.05, 3.63) is 71.6 Å². The highest BCUT2D eigenvalue weighted by Gasteiger charge is 2.34. The average Bonchev–Trinajstić information content (AvgIpc) is 2.85. The molecule has 0 unspecified atom stereocenters. The van der Waals surface area contributed by atoms with Crippen LogP contribution in [0, 0.1) is 12.3 Å². The normalized spacial score (nSPS) is 20.0. The number of allylic oxidation sites excluding steroid dienone is 2. The Morgan fingerprint density at radius 2 is 1.89 bits per heavy atom. The number of nitrogens with one attached hydrogen (secondary N) is 1. The minimum atomic E-state index is -3.22. The fourth-order valence-electron chi connectivity index (χ4n) is 4.09. The minimum Gasteiger partial charge on any atom is -0.481 e. The Labute approximate surface area is 223 Å². The number of fused-ring (bicyclic) bond motifs is 1. The highest BCUT2D eigenvalue weighted by Crippen LogP contribution is 2.31. The minimum absolute atomic E-state index is 0. The molecule has 37 heavy (non-hydrogen) atoms. The number of pyridine rings is 1. The summed E-state index contributed by atoms with van der Waals surface area (Å²) < 4.78 is 26.2. The maximum Gasteiger partial charge on any atom is 0.331 e. The summed E-state index contributed by atoms with van der Waals surface area (Å²) in [5, 5.41) is 22.8. The van der Waals surface area contributed by atoms with Gasteiger partial charge in [-0.1, -0.05) is 48.6 Å². The molecule has 0 radical (unpaired) electrons. The number of aromatic nitrogens is 1. The zero-order chi connectivity index (χ0) is 26.3. The third-order valence-corrected chi connectivity index (χ3v) is 7.93. The van der Waals surface area contributed by atoms with Gasteiger partial charge in [-0.25, -0.2) is 13.2 Å². The van der Waals surface area contributed by atoms with E-state index >= 15 is 0 Å². The lowest BCUT2D eigenvalue weighted by atomic mass is 9.80. The lowest BCUT2D eigenvalue weighted by Gasteiger charge is -2.26. The molecule has 1 aromatic carbocycles. The molecule has 0 bridgehead atoms. The number of nitrogens with zero attached hydrogens (tertiary/aromatic N) is 2. The second kappa shape index (κ2) is 13.0. The molecule has 11 heteroatoms. The molecule has 1 aliphatic heterocycles. The summed E-state index contributed by atoms with van der Waals surface area (Å²) >= 11 is 0. The van der Waals surface area contributed by atoms with Gasteiger partial charge in [-0.2, -0.15) is 4.31 Å². The van der Waals surface area contributed by atoms with Crippen LogP contribution in [0.5, 0.6) is 0 Å². The van der Waals surface area contributed by atoms with Gasteiger partial charge in [0.05, 0.1) is 11.2 Å². The Balaban J connectivity index is 0.000000295. The third kappa shape index (κ3) is 7.72. The number of hydrogen-bond acceptors (Lipinski definition) is 6. The number of sulfonamides is 1. The summed E-state index contributed by atoms with van der Waals surface area (Å²) in [7, 11) is -3.22. The molecule has 1 aromatic heterocycles. The molecule has 3 N–H and O–H groups in total. The van der Waals surface area contributed by atoms with E-state index in [1.165, 1.54) is 25.2 Å². The van der Waals surface area contributed by atoms with E-state index in [1.54, 1.807) is 10.4 Å². The van der Waals surface area contributed by atoms with E-state index in [0.717, 1.165) is 35.0 Å². The molecule has 1 saturated heterocycles. The van der Waals surface area contributed by atoms with Crippen molar-refractivity contribution >= 4 is 51.2 Å². The first-order chi connectivity index (χ1) is 17.0. The van der Waals surface area contributed by atoms with Crippen LogP contribution in [0.15, 0.2) is 60.5 Å². The Kier molecular flexibility index (Phi) is 10.6. The van der Waals surface area contributed by atoms with Crippen molar-refractivity contribution in [2.75, 3.05) is 31.9 Å². The highest BCUT2D eigenvalue weighted by molar-refractivity contribution is 7.89. The number of carboxylic acids is 2. The summed E-state index contributed by atoms with van der Waals surface area (Å²) in [4.78, 5) is 25.5. The molecule has 0 saturated carbocycles. The number of aliphatic carboxylic acids is 2. The van der Waals surface area contributed by atoms with Crippen LogP contribution >= 0.6 is 12.4 Å². The lowest BCUT2D eigenvalue weighted by Crippen LogP contribution is -2.46. The molecule has 2 aliphatic rings. The second-order valence-corrected chi connectivity index (χ2v) is 11.0. The van der Waals surface area contributed by atoms with Gasteiger partial charge < -0.3 is 15.5 Å². The zero-order valence-electron chi connectivity index (χ0n) is 20.8. The number of aryl methyl sites for hydroxylation is 1. The molecule has 1 atom stereocenters. The van der Waals surface area contributed by atoms with Gasteiger partial charge in [0.25, 0.3) is 0 Å². The van der Waals surface area contributed by atoms with Crippen LogP contribution in [-0.2, 0) is 19.6 Å². The maximum atomic E-state index is 12.3. The Bertz CT molecular complexity index is 1330. The molecular formula is C26H32ClN3O6S. The van der Waals surface area contributed by atoms with E-state index < -0.39 is 27.4 Å². The first-order valence-electron chi connectivity index (χ1n) is 11.6. The van der Waals surface area contributed by atoms with Gasteiger partial charge in [0, 0.05) is 49.5 Å². The number of carbonyl (C=O) groups is 2. The number of benzene rings is 1. The largest absolute Gasteiger partial charge is 0.481 e. The molecule has 200 valence electrons. The lowest BCUT2D eigenvalue weighted by molar-refractivity contribution is -0.145. The third-order valence-electron chi connectivity index (χ3n) is 6.16. The Morgan fingerprint density at radius 1 is 1.19 bits per heavy atom. The SMILES string of the molecule is C[C@@]1(C(=O)O)C=CC=C(C(=O)O)C1.Cc1cncc2cccc(C=CCS(=O)(=O)N3CCNCC3)c12.Cl. The van der Waals surface area contributed by atoms with Crippen LogP contribution in [0.3, 0.4) is 0 Å². The van der Waals surface area contributed by atoms with Gasteiger partial charge in [0.15, 0.2) is 0 Å². The maximum absolute atomic E-state index is 12.3. The molecule has 0 amide bonds. The van der Waals surface area contributed by atoms with Gasteiger partial charge in [0.1, 0.15) is 0 Å².